The van der Waals surface area contributed by atoms with Crippen LogP contribution in [-0.2, 0) is 14.6 Å². The summed E-state index contributed by atoms with van der Waals surface area (Å²) in [5, 5.41) is 13.8. The van der Waals surface area contributed by atoms with E-state index in [9.17, 15) is 18.0 Å². The van der Waals surface area contributed by atoms with E-state index in [4.69, 9.17) is 5.11 Å². The van der Waals surface area contributed by atoms with Gasteiger partial charge in [-0.25, -0.2) is 18.0 Å². The minimum absolute atomic E-state index is 0.0832. The zero-order chi connectivity index (χ0) is 14.6. The van der Waals surface area contributed by atoms with Gasteiger partial charge in [-0.2, -0.15) is 0 Å². The van der Waals surface area contributed by atoms with Gasteiger partial charge in [0.1, 0.15) is 6.04 Å². The molecule has 0 bridgehead atoms. The standard InChI is InChI=1S/C11H20N2O5S/c1-7(2)9(10(14)15)13-11(16)12-5-8-3-4-19(17,18)6-8/h7-9H,3-6H2,1-2H3,(H,14,15)(H2,12,13,16). The lowest BCUT2D eigenvalue weighted by Crippen LogP contribution is -2.49. The Hall–Kier alpha value is -1.31. The highest BCUT2D eigenvalue weighted by Crippen LogP contribution is 2.17. The van der Waals surface area contributed by atoms with Crippen molar-refractivity contribution in [2.75, 3.05) is 18.1 Å². The second-order valence-electron chi connectivity index (χ2n) is 5.18. The summed E-state index contributed by atoms with van der Waals surface area (Å²) in [6.45, 7) is 3.64. The molecular weight excluding hydrogens is 272 g/mol. The number of aliphatic carboxylic acids is 1. The lowest BCUT2D eigenvalue weighted by Gasteiger charge is -2.19. The van der Waals surface area contributed by atoms with Crippen LogP contribution in [0, 0.1) is 11.8 Å². The van der Waals surface area contributed by atoms with E-state index in [0.29, 0.717) is 6.42 Å². The molecular formula is C11H20N2O5S. The second kappa shape index (κ2) is 6.23. The molecule has 2 atom stereocenters. The maximum absolute atomic E-state index is 11.5. The van der Waals surface area contributed by atoms with Gasteiger partial charge in [-0.15, -0.1) is 0 Å². The molecule has 0 spiro atoms. The van der Waals surface area contributed by atoms with Crippen molar-refractivity contribution in [2.24, 2.45) is 11.8 Å². The molecule has 1 heterocycles. The van der Waals surface area contributed by atoms with Crippen LogP contribution < -0.4 is 10.6 Å². The van der Waals surface area contributed by atoms with Gasteiger partial charge in [0, 0.05) is 6.54 Å². The SMILES string of the molecule is CC(C)C(NC(=O)NCC1CCS(=O)(=O)C1)C(=O)O. The summed E-state index contributed by atoms with van der Waals surface area (Å²) < 4.78 is 22.5. The Morgan fingerprint density at radius 2 is 2.00 bits per heavy atom. The van der Waals surface area contributed by atoms with Crippen LogP contribution in [0.2, 0.25) is 0 Å². The van der Waals surface area contributed by atoms with Gasteiger partial charge >= 0.3 is 12.0 Å². The molecule has 0 radical (unpaired) electrons. The van der Waals surface area contributed by atoms with Gasteiger partial charge in [0.15, 0.2) is 9.84 Å². The zero-order valence-electron chi connectivity index (χ0n) is 11.0. The molecule has 0 saturated carbocycles. The summed E-state index contributed by atoms with van der Waals surface area (Å²) in [6, 6.07) is -1.53. The van der Waals surface area contributed by atoms with Crippen molar-refractivity contribution >= 4 is 21.8 Å². The number of urea groups is 1. The number of sulfone groups is 1. The van der Waals surface area contributed by atoms with Crippen molar-refractivity contribution in [1.29, 1.82) is 0 Å². The zero-order valence-corrected chi connectivity index (χ0v) is 11.9. The van der Waals surface area contributed by atoms with Crippen molar-refractivity contribution in [3.63, 3.8) is 0 Å². The van der Waals surface area contributed by atoms with Gasteiger partial charge in [0.25, 0.3) is 0 Å². The van der Waals surface area contributed by atoms with Crippen molar-refractivity contribution in [3.05, 3.63) is 0 Å². The summed E-state index contributed by atoms with van der Waals surface area (Å²) in [4.78, 5) is 22.4. The number of nitrogens with one attached hydrogen (secondary N) is 2. The molecule has 8 heteroatoms. The van der Waals surface area contributed by atoms with Crippen molar-refractivity contribution < 1.29 is 23.1 Å². The largest absolute Gasteiger partial charge is 0.480 e. The third-order valence-corrected chi connectivity index (χ3v) is 4.93. The fourth-order valence-electron chi connectivity index (χ4n) is 1.98. The lowest BCUT2D eigenvalue weighted by atomic mass is 10.1. The average molecular weight is 292 g/mol. The van der Waals surface area contributed by atoms with Crippen molar-refractivity contribution in [2.45, 2.75) is 26.3 Å². The topological polar surface area (TPSA) is 113 Å². The number of hydrogen-bond donors (Lipinski definition) is 3. The Balaban J connectivity index is 2.38. The molecule has 19 heavy (non-hydrogen) atoms. The molecule has 0 aromatic heterocycles. The fourth-order valence-corrected chi connectivity index (χ4v) is 3.84. The smallest absolute Gasteiger partial charge is 0.326 e. The van der Waals surface area contributed by atoms with E-state index in [-0.39, 0.29) is 29.9 Å². The van der Waals surface area contributed by atoms with E-state index < -0.39 is 27.9 Å². The molecule has 1 rings (SSSR count). The molecule has 0 aromatic carbocycles. The van der Waals surface area contributed by atoms with E-state index in [1.54, 1.807) is 13.8 Å². The normalized spacial score (nSPS) is 23.0. The monoisotopic (exact) mass is 292 g/mol. The quantitative estimate of drug-likeness (QED) is 0.651. The van der Waals surface area contributed by atoms with Crippen LogP contribution in [0.25, 0.3) is 0 Å². The van der Waals surface area contributed by atoms with Crippen LogP contribution in [0.5, 0.6) is 0 Å². The predicted octanol–water partition coefficient (Wildman–Crippen LogP) is -0.170. The number of hydrogen-bond acceptors (Lipinski definition) is 4. The molecule has 0 aromatic rings. The Bertz CT molecular complexity index is 446. The number of carboxylic acids is 1. The molecule has 1 aliphatic heterocycles. The lowest BCUT2D eigenvalue weighted by molar-refractivity contribution is -0.140. The van der Waals surface area contributed by atoms with Gasteiger partial charge in [0.05, 0.1) is 11.5 Å². The van der Waals surface area contributed by atoms with Crippen LogP contribution in [0.1, 0.15) is 20.3 Å². The highest BCUT2D eigenvalue weighted by molar-refractivity contribution is 7.91. The number of rotatable bonds is 5. The molecule has 1 aliphatic rings. The van der Waals surface area contributed by atoms with E-state index >= 15 is 0 Å². The van der Waals surface area contributed by atoms with E-state index in [0.717, 1.165) is 0 Å². The van der Waals surface area contributed by atoms with Crippen LogP contribution >= 0.6 is 0 Å². The van der Waals surface area contributed by atoms with Crippen molar-refractivity contribution in [3.8, 4) is 0 Å². The Morgan fingerprint density at radius 1 is 1.37 bits per heavy atom. The first-order chi connectivity index (χ1) is 8.71. The van der Waals surface area contributed by atoms with Crippen LogP contribution in [-0.4, -0.2) is 49.6 Å². The molecule has 2 unspecified atom stereocenters. The first-order valence-corrected chi connectivity index (χ1v) is 8.01. The summed E-state index contributed by atoms with van der Waals surface area (Å²) in [5.74, 6) is -1.16. The van der Waals surface area contributed by atoms with Crippen LogP contribution in [0.3, 0.4) is 0 Å². The molecule has 1 saturated heterocycles. The Morgan fingerprint density at radius 3 is 2.42 bits per heavy atom. The van der Waals surface area contributed by atoms with E-state index in [1.165, 1.54) is 0 Å². The maximum atomic E-state index is 11.5. The first-order valence-electron chi connectivity index (χ1n) is 6.19. The van der Waals surface area contributed by atoms with E-state index in [1.807, 2.05) is 0 Å². The Labute approximate surface area is 112 Å². The molecule has 3 N–H and O–H groups in total. The number of amides is 2. The number of carboxylic acid groups (broad SMARTS) is 1. The second-order valence-corrected chi connectivity index (χ2v) is 7.41. The number of carbonyl (C=O) groups excluding carboxylic acids is 1. The van der Waals surface area contributed by atoms with Crippen LogP contribution in [0.4, 0.5) is 4.79 Å². The van der Waals surface area contributed by atoms with Gasteiger partial charge in [-0.3, -0.25) is 0 Å². The van der Waals surface area contributed by atoms with E-state index in [2.05, 4.69) is 10.6 Å². The van der Waals surface area contributed by atoms with Gasteiger partial charge in [-0.05, 0) is 18.3 Å². The predicted molar refractivity (Wildman–Crippen MR) is 69.6 cm³/mol. The molecule has 2 amide bonds. The van der Waals surface area contributed by atoms with Gasteiger partial charge in [-0.1, -0.05) is 13.8 Å². The molecule has 0 aliphatic carbocycles. The first kappa shape index (κ1) is 15.7. The highest BCUT2D eigenvalue weighted by Gasteiger charge is 2.28. The summed E-state index contributed by atoms with van der Waals surface area (Å²) in [6.07, 6.45) is 0.537. The molecule has 7 nitrogen and oxygen atoms in total. The third kappa shape index (κ3) is 5.06. The van der Waals surface area contributed by atoms with Gasteiger partial charge < -0.3 is 15.7 Å². The average Bonchev–Trinajstić information content (AvgIpc) is 2.62. The molecule has 110 valence electrons. The van der Waals surface area contributed by atoms with Crippen molar-refractivity contribution in [1.82, 2.24) is 10.6 Å². The minimum Gasteiger partial charge on any atom is -0.480 e. The minimum atomic E-state index is -2.96. The summed E-state index contributed by atoms with van der Waals surface area (Å²) in [5.41, 5.74) is 0. The highest BCUT2D eigenvalue weighted by atomic mass is 32.2. The maximum Gasteiger partial charge on any atom is 0.326 e. The van der Waals surface area contributed by atoms with Crippen LogP contribution in [0.15, 0.2) is 0 Å². The summed E-state index contributed by atoms with van der Waals surface area (Å²) in [7, 11) is -2.96. The van der Waals surface area contributed by atoms with Gasteiger partial charge in [0.2, 0.25) is 0 Å². The third-order valence-electron chi connectivity index (χ3n) is 3.10. The Kier molecular flexibility index (Phi) is 5.16. The number of carbonyl (C=O) groups is 2. The fraction of sp³-hybridized carbons (Fsp3) is 0.818. The molecule has 1 fully saturated rings. The summed E-state index contributed by atoms with van der Waals surface area (Å²) >= 11 is 0.